The van der Waals surface area contributed by atoms with Crippen molar-refractivity contribution in [3.63, 3.8) is 0 Å². The van der Waals surface area contributed by atoms with Crippen LogP contribution in [0.4, 0.5) is 24.5 Å². The van der Waals surface area contributed by atoms with Gasteiger partial charge in [0.25, 0.3) is 5.56 Å². The number of allylic oxidation sites excluding steroid dienone is 1. The van der Waals surface area contributed by atoms with Gasteiger partial charge in [-0.3, -0.25) is 19.3 Å². The van der Waals surface area contributed by atoms with Crippen LogP contribution in [-0.4, -0.2) is 57.2 Å². The van der Waals surface area contributed by atoms with Crippen LogP contribution in [0.5, 0.6) is 0 Å². The number of nitriles is 1. The number of nitrogen functional groups attached to an aromatic ring is 1. The van der Waals surface area contributed by atoms with Crippen LogP contribution in [0, 0.1) is 40.6 Å². The number of rotatable bonds is 6. The number of hydrogen-bond donors (Lipinski definition) is 2. The van der Waals surface area contributed by atoms with E-state index < -0.39 is 57.2 Å². The number of aliphatic imine (C=N–C) groups is 1. The highest BCUT2D eigenvalue weighted by Crippen LogP contribution is 2.42. The predicted octanol–water partition coefficient (Wildman–Crippen LogP) is 6.06. The van der Waals surface area contributed by atoms with Crippen molar-refractivity contribution >= 4 is 51.3 Å². The van der Waals surface area contributed by atoms with Gasteiger partial charge in [0, 0.05) is 48.9 Å². The Morgan fingerprint density at radius 1 is 1.20 bits per heavy atom. The summed E-state index contributed by atoms with van der Waals surface area (Å²) in [6.45, 7) is 12.2. The molecule has 4 atom stereocenters. The van der Waals surface area contributed by atoms with E-state index in [9.17, 15) is 19.6 Å². The van der Waals surface area contributed by atoms with Gasteiger partial charge in [-0.2, -0.15) is 5.26 Å². The van der Waals surface area contributed by atoms with Gasteiger partial charge in [-0.1, -0.05) is 56.6 Å². The van der Waals surface area contributed by atoms with Crippen molar-refractivity contribution in [2.24, 2.45) is 16.8 Å². The van der Waals surface area contributed by atoms with Crippen LogP contribution >= 0.6 is 23.2 Å². The van der Waals surface area contributed by atoms with Crippen molar-refractivity contribution in [1.29, 1.82) is 5.26 Å². The zero-order valence-corrected chi connectivity index (χ0v) is 27.0. The minimum Gasteiger partial charge on any atom is -0.395 e. The van der Waals surface area contributed by atoms with Crippen molar-refractivity contribution in [3.05, 3.63) is 74.4 Å². The molecule has 1 fully saturated rings. The molecule has 1 saturated heterocycles. The largest absolute Gasteiger partial charge is 0.395 e. The van der Waals surface area contributed by atoms with E-state index in [1.807, 2.05) is 37.5 Å². The molecule has 9 nitrogen and oxygen atoms in total. The van der Waals surface area contributed by atoms with Gasteiger partial charge in [-0.15, -0.1) is 0 Å². The maximum atomic E-state index is 15.5. The molecule has 0 saturated carbocycles. The fourth-order valence-corrected chi connectivity index (χ4v) is 6.70. The van der Waals surface area contributed by atoms with Crippen LogP contribution in [-0.2, 0) is 0 Å². The summed E-state index contributed by atoms with van der Waals surface area (Å²) in [6.07, 6.45) is 3.95. The van der Waals surface area contributed by atoms with E-state index in [0.717, 1.165) is 0 Å². The van der Waals surface area contributed by atoms with E-state index in [0.29, 0.717) is 25.3 Å². The minimum atomic E-state index is -1.66. The summed E-state index contributed by atoms with van der Waals surface area (Å²) in [5.74, 6) is -5.06. The Bertz CT molecular complexity index is 1890. The Kier molecular flexibility index (Phi) is 9.26. The number of fused-ring (bicyclic) bond motifs is 1. The fraction of sp³-hybridized carbons (Fsp3) is 0.375. The first-order chi connectivity index (χ1) is 21.7. The lowest BCUT2D eigenvalue weighted by atomic mass is 9.88. The smallest absolute Gasteiger partial charge is 0.272 e. The maximum absolute atomic E-state index is 15.5. The van der Waals surface area contributed by atoms with Crippen molar-refractivity contribution in [2.75, 3.05) is 30.3 Å². The molecule has 0 aliphatic carbocycles. The highest BCUT2D eigenvalue weighted by Gasteiger charge is 2.36. The highest BCUT2D eigenvalue weighted by atomic mass is 35.5. The number of anilines is 2. The van der Waals surface area contributed by atoms with E-state index in [2.05, 4.69) is 22.6 Å². The molecule has 1 aromatic carbocycles. The van der Waals surface area contributed by atoms with Crippen LogP contribution in [0.1, 0.15) is 39.3 Å². The molecule has 46 heavy (non-hydrogen) atoms. The molecule has 3 N–H and O–H groups in total. The summed E-state index contributed by atoms with van der Waals surface area (Å²) in [5, 5.41) is 19.9. The summed E-state index contributed by atoms with van der Waals surface area (Å²) < 4.78 is 46.9. The van der Waals surface area contributed by atoms with Crippen LogP contribution < -0.4 is 16.2 Å². The topological polar surface area (TPSA) is 124 Å². The third-order valence-corrected chi connectivity index (χ3v) is 9.24. The van der Waals surface area contributed by atoms with E-state index >= 15 is 8.78 Å². The van der Waals surface area contributed by atoms with E-state index in [-0.39, 0.29) is 45.2 Å². The number of benzene rings is 1. The lowest BCUT2D eigenvalue weighted by Gasteiger charge is -2.43. The van der Waals surface area contributed by atoms with Crippen molar-refractivity contribution in [3.8, 4) is 17.3 Å². The van der Waals surface area contributed by atoms with Gasteiger partial charge in [0.1, 0.15) is 28.5 Å². The molecular formula is C32H32Cl2F3N7O2. The molecule has 5 rings (SSSR count). The monoisotopic (exact) mass is 673 g/mol. The number of nitrogens with zero attached hydrogens (tertiary/aromatic N) is 6. The minimum absolute atomic E-state index is 0.0483. The first-order valence-corrected chi connectivity index (χ1v) is 15.4. The number of nitrogens with two attached hydrogens (primary N) is 1. The van der Waals surface area contributed by atoms with Crippen molar-refractivity contribution < 1.29 is 18.3 Å². The summed E-state index contributed by atoms with van der Waals surface area (Å²) >= 11 is 12.4. The Morgan fingerprint density at radius 2 is 1.89 bits per heavy atom. The molecule has 0 bridgehead atoms. The molecule has 3 aromatic rings. The normalized spacial score (nSPS) is 21.0. The second-order valence-corrected chi connectivity index (χ2v) is 12.6. The number of piperazine rings is 1. The molecule has 3 unspecified atom stereocenters. The first kappa shape index (κ1) is 33.5. The molecule has 14 heteroatoms. The van der Waals surface area contributed by atoms with E-state index in [1.54, 1.807) is 12.3 Å². The lowest BCUT2D eigenvalue weighted by Crippen LogP contribution is -2.55. The zero-order valence-electron chi connectivity index (χ0n) is 25.5. The molecule has 0 radical (unpaired) electrons. The third-order valence-electron chi connectivity index (χ3n) is 8.58. The average Bonchev–Trinajstić information content (AvgIpc) is 3.02. The summed E-state index contributed by atoms with van der Waals surface area (Å²) in [6, 6.07) is 2.46. The van der Waals surface area contributed by atoms with Gasteiger partial charge in [0.05, 0.1) is 33.7 Å². The Morgan fingerprint density at radius 3 is 2.50 bits per heavy atom. The van der Waals surface area contributed by atoms with Crippen LogP contribution in [0.3, 0.4) is 0 Å². The number of aliphatic hydroxyl groups excluding tert-OH is 1. The Hall–Kier alpha value is -3.89. The second-order valence-electron chi connectivity index (χ2n) is 11.8. The molecule has 0 amide bonds. The quantitative estimate of drug-likeness (QED) is 0.141. The van der Waals surface area contributed by atoms with Gasteiger partial charge in [-0.25, -0.2) is 18.2 Å². The molecule has 2 aliphatic rings. The van der Waals surface area contributed by atoms with Gasteiger partial charge >= 0.3 is 0 Å². The van der Waals surface area contributed by atoms with Crippen molar-refractivity contribution in [1.82, 2.24) is 14.5 Å². The first-order valence-electron chi connectivity index (χ1n) is 14.6. The second kappa shape index (κ2) is 12.7. The number of pyridine rings is 2. The van der Waals surface area contributed by atoms with Crippen LogP contribution in [0.2, 0.25) is 10.0 Å². The van der Waals surface area contributed by atoms with Gasteiger partial charge in [-0.05, 0) is 25.0 Å². The molecule has 2 aromatic heterocycles. The molecule has 242 valence electrons. The average molecular weight is 675 g/mol. The molecule has 4 heterocycles. The Labute approximate surface area is 273 Å². The maximum Gasteiger partial charge on any atom is 0.272 e. The van der Waals surface area contributed by atoms with Crippen LogP contribution in [0.15, 0.2) is 40.8 Å². The summed E-state index contributed by atoms with van der Waals surface area (Å²) in [5.41, 5.74) is 3.29. The Balaban J connectivity index is 1.89. The number of halogens is 5. The summed E-state index contributed by atoms with van der Waals surface area (Å²) in [4.78, 5) is 27.2. The predicted molar refractivity (Wildman–Crippen MR) is 175 cm³/mol. The fourth-order valence-electron chi connectivity index (χ4n) is 6.29. The van der Waals surface area contributed by atoms with E-state index in [4.69, 9.17) is 28.9 Å². The lowest BCUT2D eigenvalue weighted by molar-refractivity contribution is 0.00876. The van der Waals surface area contributed by atoms with Crippen molar-refractivity contribution in [2.45, 2.75) is 46.0 Å². The zero-order chi connectivity index (χ0) is 33.8. The molecule has 0 spiro atoms. The van der Waals surface area contributed by atoms with E-state index in [1.165, 1.54) is 16.7 Å². The summed E-state index contributed by atoms with van der Waals surface area (Å²) in [7, 11) is 0. The van der Waals surface area contributed by atoms with Gasteiger partial charge in [0.2, 0.25) is 0 Å². The SMILES string of the molecule is C=CC(O)N1CCN(c2c(C#N)c(=O)n(C3C(C(C)C)=NC=CC3C)c3nc(-c4c(F)c(N)c(Cl)c(F)c4F)c(Cl)cc23)C[C@H]1C. The highest BCUT2D eigenvalue weighted by molar-refractivity contribution is 6.35. The molecular weight excluding hydrogens is 642 g/mol. The third kappa shape index (κ3) is 5.35. The van der Waals surface area contributed by atoms with Crippen LogP contribution in [0.25, 0.3) is 22.3 Å². The number of aromatic nitrogens is 2. The van der Waals surface area contributed by atoms with Gasteiger partial charge < -0.3 is 15.7 Å². The number of hydrogen-bond acceptors (Lipinski definition) is 8. The number of aliphatic hydroxyl groups is 1. The molecule has 2 aliphatic heterocycles. The van der Waals surface area contributed by atoms with Gasteiger partial charge in [0.15, 0.2) is 17.5 Å². The standard InChI is InChI=1S/C32H32Cl2F3N7O2/c1-6-20(45)43-10-9-42(13-16(43)5)30-17-11-19(33)28(21-23(35)25(37)22(34)26(39)24(21)36)41-31(17)44(32(46)18(30)12-38)29-15(4)7-8-40-27(29)14(2)3/h6-8,11,14-16,20,29,45H,1,9-10,13,39H2,2-5H3/t15?,16-,20?,29?/m1/s1.